The minimum absolute atomic E-state index is 0.224. The Morgan fingerprint density at radius 3 is 2.38 bits per heavy atom. The number of amides is 2. The average Bonchev–Trinajstić information content (AvgIpc) is 2.68. The van der Waals surface area contributed by atoms with Gasteiger partial charge in [0, 0.05) is 35.9 Å². The summed E-state index contributed by atoms with van der Waals surface area (Å²) in [5.74, 6) is -0.464. The molecule has 0 bridgehead atoms. The molecule has 0 radical (unpaired) electrons. The molecule has 6 nitrogen and oxygen atoms in total. The predicted molar refractivity (Wildman–Crippen MR) is 101 cm³/mol. The number of para-hydroxylation sites is 1. The summed E-state index contributed by atoms with van der Waals surface area (Å²) in [5, 5.41) is 5.70. The van der Waals surface area contributed by atoms with E-state index in [9.17, 15) is 9.59 Å². The first kappa shape index (κ1) is 17.2. The van der Waals surface area contributed by atoms with Crippen LogP contribution in [-0.4, -0.2) is 16.8 Å². The number of rotatable bonds is 5. The van der Waals surface area contributed by atoms with Crippen LogP contribution in [0.1, 0.15) is 26.3 Å². The largest absolute Gasteiger partial charge is 0.399 e. The highest BCUT2D eigenvalue weighted by Gasteiger charge is 2.10. The standard InChI is InChI=1S/C20H18N4O2/c21-17-9-7-14(8-10-17)20(26)24-18-6-2-1-4-15(18)13-23-19(25)16-5-3-11-22-12-16/h1-12H,13,21H2,(H,23,25)(H,24,26). The van der Waals surface area contributed by atoms with Crippen LogP contribution in [0.25, 0.3) is 0 Å². The number of aromatic nitrogens is 1. The predicted octanol–water partition coefficient (Wildman–Crippen LogP) is 2.85. The van der Waals surface area contributed by atoms with Crippen LogP contribution in [0.4, 0.5) is 11.4 Å². The van der Waals surface area contributed by atoms with Crippen molar-refractivity contribution in [1.82, 2.24) is 10.3 Å². The number of nitrogen functional groups attached to an aromatic ring is 1. The third-order valence-electron chi connectivity index (χ3n) is 3.80. The maximum atomic E-state index is 12.4. The number of carbonyl (C=O) groups is 2. The summed E-state index contributed by atoms with van der Waals surface area (Å²) in [5.41, 5.74) is 8.67. The lowest BCUT2D eigenvalue weighted by Crippen LogP contribution is -2.24. The van der Waals surface area contributed by atoms with Crippen LogP contribution >= 0.6 is 0 Å². The Balaban J connectivity index is 1.69. The van der Waals surface area contributed by atoms with Gasteiger partial charge >= 0.3 is 0 Å². The Morgan fingerprint density at radius 1 is 0.885 bits per heavy atom. The zero-order valence-electron chi connectivity index (χ0n) is 14.0. The first-order valence-corrected chi connectivity index (χ1v) is 8.06. The van der Waals surface area contributed by atoms with E-state index >= 15 is 0 Å². The zero-order chi connectivity index (χ0) is 18.4. The topological polar surface area (TPSA) is 97.1 Å². The number of nitrogens with one attached hydrogen (secondary N) is 2. The molecule has 3 aromatic rings. The molecule has 0 fully saturated rings. The van der Waals surface area contributed by atoms with Crippen molar-refractivity contribution < 1.29 is 9.59 Å². The summed E-state index contributed by atoms with van der Waals surface area (Å²) in [6.45, 7) is 0.284. The molecule has 130 valence electrons. The number of anilines is 2. The van der Waals surface area contributed by atoms with E-state index in [1.807, 2.05) is 18.2 Å². The van der Waals surface area contributed by atoms with Gasteiger partial charge in [0.2, 0.25) is 0 Å². The first-order chi connectivity index (χ1) is 12.6. The minimum Gasteiger partial charge on any atom is -0.399 e. The highest BCUT2D eigenvalue weighted by molar-refractivity contribution is 6.04. The Labute approximate surface area is 151 Å². The van der Waals surface area contributed by atoms with Gasteiger partial charge in [-0.25, -0.2) is 0 Å². The molecule has 1 heterocycles. The van der Waals surface area contributed by atoms with Crippen molar-refractivity contribution in [3.63, 3.8) is 0 Å². The van der Waals surface area contributed by atoms with Gasteiger partial charge in [0.1, 0.15) is 0 Å². The molecular weight excluding hydrogens is 328 g/mol. The molecule has 0 atom stereocenters. The Bertz CT molecular complexity index is 909. The van der Waals surface area contributed by atoms with Gasteiger partial charge in [0.25, 0.3) is 11.8 Å². The van der Waals surface area contributed by atoms with Crippen molar-refractivity contribution in [2.24, 2.45) is 0 Å². The van der Waals surface area contributed by atoms with Crippen LogP contribution in [0.2, 0.25) is 0 Å². The fourth-order valence-corrected chi connectivity index (χ4v) is 2.40. The van der Waals surface area contributed by atoms with Crippen molar-refractivity contribution >= 4 is 23.2 Å². The number of carbonyl (C=O) groups excluding carboxylic acids is 2. The number of hydrogen-bond donors (Lipinski definition) is 3. The van der Waals surface area contributed by atoms with E-state index in [0.717, 1.165) is 5.56 Å². The number of nitrogens with two attached hydrogens (primary N) is 1. The van der Waals surface area contributed by atoms with Crippen LogP contribution < -0.4 is 16.4 Å². The van der Waals surface area contributed by atoms with Gasteiger partial charge in [-0.05, 0) is 48.0 Å². The number of hydrogen-bond acceptors (Lipinski definition) is 4. The molecule has 4 N–H and O–H groups in total. The molecule has 0 saturated heterocycles. The number of nitrogens with zero attached hydrogens (tertiary/aromatic N) is 1. The molecule has 3 rings (SSSR count). The normalized spacial score (nSPS) is 10.2. The zero-order valence-corrected chi connectivity index (χ0v) is 14.0. The second kappa shape index (κ2) is 7.94. The van der Waals surface area contributed by atoms with Crippen molar-refractivity contribution in [3.8, 4) is 0 Å². The van der Waals surface area contributed by atoms with Crippen molar-refractivity contribution in [1.29, 1.82) is 0 Å². The lowest BCUT2D eigenvalue weighted by atomic mass is 10.1. The van der Waals surface area contributed by atoms with Crippen molar-refractivity contribution in [2.75, 3.05) is 11.1 Å². The number of benzene rings is 2. The molecule has 0 aliphatic heterocycles. The van der Waals surface area contributed by atoms with Crippen molar-refractivity contribution in [2.45, 2.75) is 6.54 Å². The van der Waals surface area contributed by atoms with Gasteiger partial charge in [-0.2, -0.15) is 0 Å². The Kier molecular flexibility index (Phi) is 5.24. The molecule has 0 saturated carbocycles. The third-order valence-corrected chi connectivity index (χ3v) is 3.80. The van der Waals surface area contributed by atoms with E-state index in [1.165, 1.54) is 6.20 Å². The Hall–Kier alpha value is -3.67. The second-order valence-electron chi connectivity index (χ2n) is 5.66. The summed E-state index contributed by atoms with van der Waals surface area (Å²) in [7, 11) is 0. The van der Waals surface area contributed by atoms with E-state index in [4.69, 9.17) is 5.73 Å². The molecular formula is C20H18N4O2. The van der Waals surface area contributed by atoms with E-state index in [-0.39, 0.29) is 18.4 Å². The molecule has 2 amide bonds. The molecule has 6 heteroatoms. The van der Waals surface area contributed by atoms with Gasteiger partial charge in [-0.1, -0.05) is 18.2 Å². The molecule has 26 heavy (non-hydrogen) atoms. The molecule has 1 aromatic heterocycles. The summed E-state index contributed by atoms with van der Waals surface area (Å²) in [6.07, 6.45) is 3.11. The van der Waals surface area contributed by atoms with Gasteiger partial charge in [0.05, 0.1) is 5.56 Å². The molecule has 0 spiro atoms. The van der Waals surface area contributed by atoms with E-state index in [0.29, 0.717) is 22.5 Å². The van der Waals surface area contributed by atoms with Gasteiger partial charge in [0.15, 0.2) is 0 Å². The lowest BCUT2D eigenvalue weighted by Gasteiger charge is -2.12. The van der Waals surface area contributed by atoms with Gasteiger partial charge in [-0.3, -0.25) is 14.6 Å². The van der Waals surface area contributed by atoms with Crippen LogP contribution in [-0.2, 0) is 6.54 Å². The number of pyridine rings is 1. The van der Waals surface area contributed by atoms with Gasteiger partial charge in [-0.15, -0.1) is 0 Å². The monoisotopic (exact) mass is 346 g/mol. The summed E-state index contributed by atoms with van der Waals surface area (Å²) < 4.78 is 0. The Morgan fingerprint density at radius 2 is 1.65 bits per heavy atom. The summed E-state index contributed by atoms with van der Waals surface area (Å²) in [4.78, 5) is 28.5. The summed E-state index contributed by atoms with van der Waals surface area (Å²) in [6, 6.07) is 17.4. The van der Waals surface area contributed by atoms with Crippen LogP contribution in [0.15, 0.2) is 73.1 Å². The highest BCUT2D eigenvalue weighted by atomic mass is 16.2. The minimum atomic E-state index is -0.240. The second-order valence-corrected chi connectivity index (χ2v) is 5.66. The fourth-order valence-electron chi connectivity index (χ4n) is 2.40. The van der Waals surface area contributed by atoms with Crippen LogP contribution in [0.3, 0.4) is 0 Å². The SMILES string of the molecule is Nc1ccc(C(=O)Nc2ccccc2CNC(=O)c2cccnc2)cc1. The van der Waals surface area contributed by atoms with Crippen molar-refractivity contribution in [3.05, 3.63) is 89.7 Å². The first-order valence-electron chi connectivity index (χ1n) is 8.06. The lowest BCUT2D eigenvalue weighted by molar-refractivity contribution is 0.0950. The fraction of sp³-hybridized carbons (Fsp3) is 0.0500. The van der Waals surface area contributed by atoms with Crippen LogP contribution in [0.5, 0.6) is 0 Å². The van der Waals surface area contributed by atoms with E-state index in [2.05, 4.69) is 15.6 Å². The summed E-state index contributed by atoms with van der Waals surface area (Å²) >= 11 is 0. The molecule has 2 aromatic carbocycles. The average molecular weight is 346 g/mol. The van der Waals surface area contributed by atoms with E-state index in [1.54, 1.807) is 48.7 Å². The molecule has 0 unspecified atom stereocenters. The molecule has 0 aliphatic carbocycles. The van der Waals surface area contributed by atoms with Crippen LogP contribution in [0, 0.1) is 0 Å². The maximum absolute atomic E-state index is 12.4. The quantitative estimate of drug-likeness (QED) is 0.619. The van der Waals surface area contributed by atoms with E-state index < -0.39 is 0 Å². The molecule has 0 aliphatic rings. The van der Waals surface area contributed by atoms with Gasteiger partial charge < -0.3 is 16.4 Å². The smallest absolute Gasteiger partial charge is 0.255 e. The highest BCUT2D eigenvalue weighted by Crippen LogP contribution is 2.17. The third kappa shape index (κ3) is 4.24. The maximum Gasteiger partial charge on any atom is 0.255 e.